The van der Waals surface area contributed by atoms with E-state index in [-0.39, 0.29) is 17.4 Å². The molecule has 1 aromatic rings. The molecule has 1 heterocycles. The van der Waals surface area contributed by atoms with Crippen molar-refractivity contribution in [2.24, 2.45) is 0 Å². The summed E-state index contributed by atoms with van der Waals surface area (Å²) in [6.07, 6.45) is 3.40. The molecule has 2 aliphatic rings. The Bertz CT molecular complexity index is 580. The van der Waals surface area contributed by atoms with Gasteiger partial charge in [-0.05, 0) is 38.4 Å². The monoisotopic (exact) mass is 349 g/mol. The molecule has 1 atom stereocenters. The summed E-state index contributed by atoms with van der Waals surface area (Å²) in [5.74, 6) is 0.137. The molecule has 1 aliphatic carbocycles. The van der Waals surface area contributed by atoms with Gasteiger partial charge in [-0.2, -0.15) is 0 Å². The molecule has 132 valence electrons. The van der Waals surface area contributed by atoms with Gasteiger partial charge in [0.25, 0.3) is 0 Å². The van der Waals surface area contributed by atoms with Crippen LogP contribution in [0.5, 0.6) is 0 Å². The fraction of sp³-hybridized carbons (Fsp3) is 0.632. The first-order valence-electron chi connectivity index (χ1n) is 8.97. The first-order chi connectivity index (χ1) is 11.5. The summed E-state index contributed by atoms with van der Waals surface area (Å²) >= 11 is 6.41. The van der Waals surface area contributed by atoms with Crippen molar-refractivity contribution in [3.63, 3.8) is 0 Å². The lowest BCUT2D eigenvalue weighted by molar-refractivity contribution is -0.127. The normalized spacial score (nSPS) is 22.6. The number of likely N-dealkylation sites (N-methyl/N-ethyl adjacent to an activating group) is 1. The molecule has 1 saturated heterocycles. The smallest absolute Gasteiger partial charge is 0.237 e. The SMILES string of the molecule is CC(C(=O)NCC1(c2ccccc2Cl)CCC1)N1CCN(C)CC1. The third kappa shape index (κ3) is 3.61. The van der Waals surface area contributed by atoms with Gasteiger partial charge in [0.2, 0.25) is 5.91 Å². The van der Waals surface area contributed by atoms with Crippen molar-refractivity contribution in [1.82, 2.24) is 15.1 Å². The van der Waals surface area contributed by atoms with Crippen molar-refractivity contribution in [2.75, 3.05) is 39.8 Å². The highest BCUT2D eigenvalue weighted by Crippen LogP contribution is 2.45. The number of halogens is 1. The van der Waals surface area contributed by atoms with Gasteiger partial charge in [0, 0.05) is 43.2 Å². The lowest BCUT2D eigenvalue weighted by Gasteiger charge is -2.43. The summed E-state index contributed by atoms with van der Waals surface area (Å²) in [4.78, 5) is 17.2. The number of carbonyl (C=O) groups excluding carboxylic acids is 1. The minimum absolute atomic E-state index is 0.0237. The molecule has 5 heteroatoms. The van der Waals surface area contributed by atoms with E-state index in [0.29, 0.717) is 6.54 Å². The van der Waals surface area contributed by atoms with E-state index in [1.165, 1.54) is 12.0 Å². The fourth-order valence-corrected chi connectivity index (χ4v) is 4.15. The van der Waals surface area contributed by atoms with Gasteiger partial charge in [-0.25, -0.2) is 0 Å². The van der Waals surface area contributed by atoms with Crippen LogP contribution in [-0.4, -0.2) is 61.5 Å². The number of piperazine rings is 1. The number of hydrogen-bond donors (Lipinski definition) is 1. The van der Waals surface area contributed by atoms with Crippen LogP contribution in [0.2, 0.25) is 5.02 Å². The van der Waals surface area contributed by atoms with Crippen LogP contribution in [-0.2, 0) is 10.2 Å². The third-order valence-electron chi connectivity index (χ3n) is 5.82. The molecule has 2 fully saturated rings. The molecule has 0 bridgehead atoms. The van der Waals surface area contributed by atoms with Crippen molar-refractivity contribution in [2.45, 2.75) is 37.6 Å². The van der Waals surface area contributed by atoms with E-state index in [1.54, 1.807) is 0 Å². The number of carbonyl (C=O) groups is 1. The maximum atomic E-state index is 12.6. The van der Waals surface area contributed by atoms with E-state index in [9.17, 15) is 4.79 Å². The van der Waals surface area contributed by atoms with Crippen LogP contribution in [0, 0.1) is 0 Å². The quantitative estimate of drug-likeness (QED) is 0.887. The van der Waals surface area contributed by atoms with Gasteiger partial charge in [-0.3, -0.25) is 9.69 Å². The molecule has 1 aromatic carbocycles. The molecule has 3 rings (SSSR count). The number of hydrogen-bond acceptors (Lipinski definition) is 3. The molecular formula is C19H28ClN3O. The zero-order chi connectivity index (χ0) is 17.2. The second kappa shape index (κ2) is 7.42. The minimum atomic E-state index is -0.0675. The number of rotatable bonds is 5. The van der Waals surface area contributed by atoms with Crippen LogP contribution < -0.4 is 5.32 Å². The van der Waals surface area contributed by atoms with E-state index in [2.05, 4.69) is 28.2 Å². The highest BCUT2D eigenvalue weighted by Gasteiger charge is 2.40. The zero-order valence-corrected chi connectivity index (χ0v) is 15.5. The number of nitrogens with zero attached hydrogens (tertiary/aromatic N) is 2. The van der Waals surface area contributed by atoms with Gasteiger partial charge < -0.3 is 10.2 Å². The first-order valence-corrected chi connectivity index (χ1v) is 9.35. The predicted octanol–water partition coefficient (Wildman–Crippen LogP) is 2.51. The number of benzene rings is 1. The van der Waals surface area contributed by atoms with Crippen molar-refractivity contribution in [3.05, 3.63) is 34.9 Å². The van der Waals surface area contributed by atoms with Crippen molar-refractivity contribution >= 4 is 17.5 Å². The highest BCUT2D eigenvalue weighted by molar-refractivity contribution is 6.31. The minimum Gasteiger partial charge on any atom is -0.354 e. The van der Waals surface area contributed by atoms with Gasteiger partial charge in [0.15, 0.2) is 0 Å². The van der Waals surface area contributed by atoms with Crippen molar-refractivity contribution in [3.8, 4) is 0 Å². The average Bonchev–Trinajstić information content (AvgIpc) is 2.55. The van der Waals surface area contributed by atoms with Crippen molar-refractivity contribution in [1.29, 1.82) is 0 Å². The molecule has 1 unspecified atom stereocenters. The maximum Gasteiger partial charge on any atom is 0.237 e. The van der Waals surface area contributed by atoms with Gasteiger partial charge in [0.05, 0.1) is 6.04 Å². The Balaban J connectivity index is 1.59. The molecular weight excluding hydrogens is 322 g/mol. The molecule has 0 radical (unpaired) electrons. The Labute approximate surface area is 150 Å². The summed E-state index contributed by atoms with van der Waals surface area (Å²) in [5.41, 5.74) is 1.21. The van der Waals surface area contributed by atoms with E-state index >= 15 is 0 Å². The van der Waals surface area contributed by atoms with Crippen molar-refractivity contribution < 1.29 is 4.79 Å². The first kappa shape index (κ1) is 17.7. The average molecular weight is 350 g/mol. The standard InChI is InChI=1S/C19H28ClN3O/c1-15(23-12-10-22(2)11-13-23)18(24)21-14-19(8-5-9-19)16-6-3-4-7-17(16)20/h3-4,6-7,15H,5,8-14H2,1-2H3,(H,21,24). The fourth-order valence-electron chi connectivity index (χ4n) is 3.82. The van der Waals surface area contributed by atoms with E-state index in [0.717, 1.165) is 44.0 Å². The second-order valence-corrected chi connectivity index (χ2v) is 7.75. The van der Waals surface area contributed by atoms with Crippen LogP contribution in [0.1, 0.15) is 31.7 Å². The predicted molar refractivity (Wildman–Crippen MR) is 98.5 cm³/mol. The summed E-state index contributed by atoms with van der Waals surface area (Å²) in [6.45, 7) is 6.68. The molecule has 24 heavy (non-hydrogen) atoms. The lowest BCUT2D eigenvalue weighted by Crippen LogP contribution is -2.55. The zero-order valence-electron chi connectivity index (χ0n) is 14.7. The number of amides is 1. The van der Waals surface area contributed by atoms with Crippen LogP contribution in [0.4, 0.5) is 0 Å². The van der Waals surface area contributed by atoms with Crippen LogP contribution >= 0.6 is 11.6 Å². The molecule has 1 aliphatic heterocycles. The van der Waals surface area contributed by atoms with Crippen LogP contribution in [0.3, 0.4) is 0 Å². The molecule has 1 N–H and O–H groups in total. The maximum absolute atomic E-state index is 12.6. The molecule has 1 saturated carbocycles. The highest BCUT2D eigenvalue weighted by atomic mass is 35.5. The lowest BCUT2D eigenvalue weighted by atomic mass is 9.64. The Hall–Kier alpha value is -1.10. The molecule has 1 amide bonds. The van der Waals surface area contributed by atoms with Crippen LogP contribution in [0.25, 0.3) is 0 Å². The molecule has 0 spiro atoms. The summed E-state index contributed by atoms with van der Waals surface area (Å²) < 4.78 is 0. The largest absolute Gasteiger partial charge is 0.354 e. The number of nitrogens with one attached hydrogen (secondary N) is 1. The second-order valence-electron chi connectivity index (χ2n) is 7.35. The van der Waals surface area contributed by atoms with Gasteiger partial charge in [0.1, 0.15) is 0 Å². The van der Waals surface area contributed by atoms with E-state index in [1.807, 2.05) is 25.1 Å². The van der Waals surface area contributed by atoms with E-state index in [4.69, 9.17) is 11.6 Å². The van der Waals surface area contributed by atoms with Crippen LogP contribution in [0.15, 0.2) is 24.3 Å². The van der Waals surface area contributed by atoms with Gasteiger partial charge >= 0.3 is 0 Å². The Kier molecular flexibility index (Phi) is 5.48. The summed E-state index contributed by atoms with van der Waals surface area (Å²) in [7, 11) is 2.13. The van der Waals surface area contributed by atoms with E-state index < -0.39 is 0 Å². The molecule has 4 nitrogen and oxygen atoms in total. The topological polar surface area (TPSA) is 35.6 Å². The summed E-state index contributed by atoms with van der Waals surface area (Å²) in [5, 5.41) is 4.02. The Morgan fingerprint density at radius 3 is 2.50 bits per heavy atom. The Morgan fingerprint density at radius 2 is 1.92 bits per heavy atom. The molecule has 0 aromatic heterocycles. The third-order valence-corrected chi connectivity index (χ3v) is 6.15. The summed E-state index contributed by atoms with van der Waals surface area (Å²) in [6, 6.07) is 7.99. The van der Waals surface area contributed by atoms with Gasteiger partial charge in [-0.15, -0.1) is 0 Å². The Morgan fingerprint density at radius 1 is 1.25 bits per heavy atom. The van der Waals surface area contributed by atoms with Gasteiger partial charge in [-0.1, -0.05) is 36.2 Å².